The van der Waals surface area contributed by atoms with Crippen LogP contribution in [0, 0.1) is 0 Å². The molecule has 1 aliphatic heterocycles. The first-order chi connectivity index (χ1) is 12.4. The normalized spacial score (nSPS) is 14.5. The summed E-state index contributed by atoms with van der Waals surface area (Å²) >= 11 is 1.56. The molecule has 0 unspecified atom stereocenters. The van der Waals surface area contributed by atoms with Crippen LogP contribution in [0.2, 0.25) is 0 Å². The van der Waals surface area contributed by atoms with Crippen LogP contribution in [0.5, 0.6) is 0 Å². The number of rotatable bonds is 4. The summed E-state index contributed by atoms with van der Waals surface area (Å²) in [4.78, 5) is 23.7. The molecule has 0 fully saturated rings. The van der Waals surface area contributed by atoms with Crippen LogP contribution < -0.4 is 5.32 Å². The molecule has 0 saturated carbocycles. The molecule has 2 aromatic heterocycles. The zero-order chi connectivity index (χ0) is 18.3. The minimum atomic E-state index is -0.416. The topological polar surface area (TPSA) is 81.2 Å². The van der Waals surface area contributed by atoms with Gasteiger partial charge in [-0.1, -0.05) is 29.5 Å². The van der Waals surface area contributed by atoms with Crippen molar-refractivity contribution in [2.75, 3.05) is 18.5 Å². The van der Waals surface area contributed by atoms with Gasteiger partial charge in [-0.15, -0.1) is 0 Å². The number of H-pyrrole nitrogens is 1. The number of nitrogens with zero attached hydrogens (tertiary/aromatic N) is 2. The molecule has 3 heterocycles. The van der Waals surface area contributed by atoms with E-state index in [-0.39, 0.29) is 12.5 Å². The van der Waals surface area contributed by atoms with Gasteiger partial charge in [0, 0.05) is 28.7 Å². The number of hydrogen-bond donors (Lipinski definition) is 3. The number of amides is 1. The number of hydrogen-bond acceptors (Lipinski definition) is 5. The second kappa shape index (κ2) is 6.41. The molecule has 7 heteroatoms. The SMILES string of the molecule is CC(C)(CO)Nc1nc2c(s1)CN(C(=O)c1cc3ccccc3[nH]1)CC2. The molecular formula is C19H22N4O2S. The quantitative estimate of drug-likeness (QED) is 0.659. The van der Waals surface area contributed by atoms with Crippen LogP contribution in [0.3, 0.4) is 0 Å². The van der Waals surface area contributed by atoms with E-state index in [0.717, 1.165) is 33.0 Å². The van der Waals surface area contributed by atoms with E-state index in [0.29, 0.717) is 18.8 Å². The van der Waals surface area contributed by atoms with Gasteiger partial charge in [0.1, 0.15) is 5.69 Å². The number of aliphatic hydroxyl groups is 1. The van der Waals surface area contributed by atoms with Gasteiger partial charge >= 0.3 is 0 Å². The molecular weight excluding hydrogens is 348 g/mol. The van der Waals surface area contributed by atoms with E-state index in [2.05, 4.69) is 15.3 Å². The lowest BCUT2D eigenvalue weighted by molar-refractivity contribution is 0.0731. The Labute approximate surface area is 155 Å². The van der Waals surface area contributed by atoms with Gasteiger partial charge in [0.2, 0.25) is 0 Å². The smallest absolute Gasteiger partial charge is 0.270 e. The van der Waals surface area contributed by atoms with Crippen LogP contribution in [-0.4, -0.2) is 44.6 Å². The summed E-state index contributed by atoms with van der Waals surface area (Å²) in [6, 6.07) is 9.82. The first-order valence-corrected chi connectivity index (χ1v) is 9.51. The van der Waals surface area contributed by atoms with Crippen LogP contribution in [0.4, 0.5) is 5.13 Å². The maximum Gasteiger partial charge on any atom is 0.270 e. The Morgan fingerprint density at radius 3 is 3.00 bits per heavy atom. The minimum Gasteiger partial charge on any atom is -0.394 e. The highest BCUT2D eigenvalue weighted by atomic mass is 32.1. The Hall–Kier alpha value is -2.38. The Morgan fingerprint density at radius 1 is 1.42 bits per heavy atom. The average Bonchev–Trinajstić information content (AvgIpc) is 3.23. The molecule has 0 saturated heterocycles. The number of aliphatic hydroxyl groups excluding tert-OH is 1. The first kappa shape index (κ1) is 17.1. The van der Waals surface area contributed by atoms with Crippen molar-refractivity contribution < 1.29 is 9.90 Å². The molecule has 6 nitrogen and oxygen atoms in total. The van der Waals surface area contributed by atoms with Gasteiger partial charge < -0.3 is 20.3 Å². The number of aromatic amines is 1. The molecule has 0 aliphatic carbocycles. The standard InChI is InChI=1S/C19H22N4O2S/c1-19(2,11-24)22-18-21-14-7-8-23(10-16(14)26-18)17(25)15-9-12-5-3-4-6-13(12)20-15/h3-6,9,20,24H,7-8,10-11H2,1-2H3,(H,21,22). The maximum absolute atomic E-state index is 12.9. The maximum atomic E-state index is 12.9. The molecule has 0 bridgehead atoms. The van der Waals surface area contributed by atoms with Gasteiger partial charge in [0.05, 0.1) is 24.4 Å². The fraction of sp³-hybridized carbons (Fsp3) is 0.368. The highest BCUT2D eigenvalue weighted by Gasteiger charge is 2.27. The number of carbonyl (C=O) groups is 1. The van der Waals surface area contributed by atoms with Gasteiger partial charge in [0.15, 0.2) is 5.13 Å². The number of para-hydroxylation sites is 1. The van der Waals surface area contributed by atoms with Gasteiger partial charge in [-0.2, -0.15) is 0 Å². The van der Waals surface area contributed by atoms with E-state index in [1.807, 2.05) is 49.1 Å². The minimum absolute atomic E-state index is 0.0189. The van der Waals surface area contributed by atoms with E-state index in [9.17, 15) is 9.90 Å². The Bertz CT molecular complexity index is 927. The molecule has 0 atom stereocenters. The predicted molar refractivity (Wildman–Crippen MR) is 104 cm³/mol. The Kier molecular flexibility index (Phi) is 4.20. The Morgan fingerprint density at radius 2 is 2.23 bits per heavy atom. The van der Waals surface area contributed by atoms with Crippen LogP contribution in [-0.2, 0) is 13.0 Å². The summed E-state index contributed by atoms with van der Waals surface area (Å²) in [5, 5.41) is 14.5. The van der Waals surface area contributed by atoms with Crippen molar-refractivity contribution in [1.82, 2.24) is 14.9 Å². The summed E-state index contributed by atoms with van der Waals surface area (Å²) in [7, 11) is 0. The second-order valence-electron chi connectivity index (χ2n) is 7.30. The van der Waals surface area contributed by atoms with Gasteiger partial charge in [-0.3, -0.25) is 4.79 Å². The van der Waals surface area contributed by atoms with Crippen molar-refractivity contribution in [3.8, 4) is 0 Å². The highest BCUT2D eigenvalue weighted by molar-refractivity contribution is 7.15. The van der Waals surface area contributed by atoms with Crippen LogP contribution in [0.15, 0.2) is 30.3 Å². The number of carbonyl (C=O) groups excluding carboxylic acids is 1. The van der Waals surface area contributed by atoms with E-state index < -0.39 is 5.54 Å². The summed E-state index contributed by atoms with van der Waals surface area (Å²) in [6.07, 6.45) is 0.749. The fourth-order valence-corrected chi connectivity index (χ4v) is 4.31. The van der Waals surface area contributed by atoms with E-state index in [1.165, 1.54) is 0 Å². The first-order valence-electron chi connectivity index (χ1n) is 8.70. The van der Waals surface area contributed by atoms with E-state index in [1.54, 1.807) is 11.3 Å². The monoisotopic (exact) mass is 370 g/mol. The van der Waals surface area contributed by atoms with Crippen LogP contribution >= 0.6 is 11.3 Å². The van der Waals surface area contributed by atoms with Crippen LogP contribution in [0.25, 0.3) is 10.9 Å². The van der Waals surface area contributed by atoms with Crippen molar-refractivity contribution in [2.45, 2.75) is 32.4 Å². The van der Waals surface area contributed by atoms with Crippen molar-refractivity contribution in [3.05, 3.63) is 46.6 Å². The Balaban J connectivity index is 1.52. The summed E-state index contributed by atoms with van der Waals surface area (Å²) in [5.41, 5.74) is 2.23. The molecule has 3 N–H and O–H groups in total. The van der Waals surface area contributed by atoms with Gasteiger partial charge in [0.25, 0.3) is 5.91 Å². The molecule has 0 radical (unpaired) electrons. The zero-order valence-corrected chi connectivity index (χ0v) is 15.7. The lowest BCUT2D eigenvalue weighted by Gasteiger charge is -2.25. The number of anilines is 1. The second-order valence-corrected chi connectivity index (χ2v) is 8.39. The molecule has 1 amide bonds. The van der Waals surface area contributed by atoms with Gasteiger partial charge in [-0.05, 0) is 26.0 Å². The third-order valence-electron chi connectivity index (χ3n) is 4.62. The molecule has 3 aromatic rings. The summed E-state index contributed by atoms with van der Waals surface area (Å²) in [5.74, 6) is 0.0189. The van der Waals surface area contributed by atoms with Crippen molar-refractivity contribution in [1.29, 1.82) is 0 Å². The van der Waals surface area contributed by atoms with Crippen molar-refractivity contribution in [2.24, 2.45) is 0 Å². The number of aromatic nitrogens is 2. The zero-order valence-electron chi connectivity index (χ0n) is 14.9. The van der Waals surface area contributed by atoms with Crippen molar-refractivity contribution in [3.63, 3.8) is 0 Å². The van der Waals surface area contributed by atoms with E-state index in [4.69, 9.17) is 0 Å². The highest BCUT2D eigenvalue weighted by Crippen LogP contribution is 2.30. The fourth-order valence-electron chi connectivity index (χ4n) is 3.11. The molecule has 136 valence electrons. The largest absolute Gasteiger partial charge is 0.394 e. The third-order valence-corrected chi connectivity index (χ3v) is 5.62. The van der Waals surface area contributed by atoms with Crippen LogP contribution in [0.1, 0.15) is 34.9 Å². The van der Waals surface area contributed by atoms with Crippen molar-refractivity contribution >= 4 is 33.3 Å². The summed E-state index contributed by atoms with van der Waals surface area (Å²) in [6.45, 7) is 5.12. The molecule has 26 heavy (non-hydrogen) atoms. The third kappa shape index (κ3) is 3.20. The summed E-state index contributed by atoms with van der Waals surface area (Å²) < 4.78 is 0. The lowest BCUT2D eigenvalue weighted by atomic mass is 10.1. The lowest BCUT2D eigenvalue weighted by Crippen LogP contribution is -2.35. The van der Waals surface area contributed by atoms with E-state index >= 15 is 0 Å². The molecule has 4 rings (SSSR count). The van der Waals surface area contributed by atoms with Gasteiger partial charge in [-0.25, -0.2) is 4.98 Å². The average molecular weight is 370 g/mol. The molecule has 1 aliphatic rings. The number of benzene rings is 1. The molecule has 0 spiro atoms. The molecule has 1 aromatic carbocycles. The number of nitrogens with one attached hydrogen (secondary N) is 2. The number of thiazole rings is 1. The number of fused-ring (bicyclic) bond motifs is 2. The predicted octanol–water partition coefficient (Wildman–Crippen LogP) is 3.01.